The van der Waals surface area contributed by atoms with E-state index in [4.69, 9.17) is 19.5 Å². The van der Waals surface area contributed by atoms with Gasteiger partial charge in [-0.2, -0.15) is 5.26 Å². The SMILES string of the molecule is COc1ccc([C@@H](CC#N)c2ccc3c(c2)OCO3)cc1. The van der Waals surface area contributed by atoms with Crippen LogP contribution in [0, 0.1) is 11.3 Å². The molecule has 0 unspecified atom stereocenters. The fraction of sp³-hybridized carbons (Fsp3) is 0.235. The van der Waals surface area contributed by atoms with Crippen molar-refractivity contribution in [2.75, 3.05) is 13.9 Å². The van der Waals surface area contributed by atoms with Crippen LogP contribution in [-0.4, -0.2) is 13.9 Å². The third-order valence-electron chi connectivity index (χ3n) is 3.61. The van der Waals surface area contributed by atoms with Crippen LogP contribution in [0.15, 0.2) is 42.5 Å². The molecule has 3 rings (SSSR count). The molecule has 2 aromatic carbocycles. The van der Waals surface area contributed by atoms with Gasteiger partial charge in [0.2, 0.25) is 6.79 Å². The summed E-state index contributed by atoms with van der Waals surface area (Å²) in [6, 6.07) is 15.9. The van der Waals surface area contributed by atoms with Crippen LogP contribution in [-0.2, 0) is 0 Å². The average molecular weight is 281 g/mol. The summed E-state index contributed by atoms with van der Waals surface area (Å²) >= 11 is 0. The van der Waals surface area contributed by atoms with Gasteiger partial charge in [0.05, 0.1) is 13.2 Å². The van der Waals surface area contributed by atoms with Crippen molar-refractivity contribution < 1.29 is 14.2 Å². The van der Waals surface area contributed by atoms with Gasteiger partial charge in [-0.3, -0.25) is 0 Å². The fourth-order valence-corrected chi connectivity index (χ4v) is 2.49. The Balaban J connectivity index is 1.95. The molecule has 1 heterocycles. The van der Waals surface area contributed by atoms with E-state index in [2.05, 4.69) is 6.07 Å². The summed E-state index contributed by atoms with van der Waals surface area (Å²) in [6.07, 6.45) is 0.409. The van der Waals surface area contributed by atoms with Gasteiger partial charge in [0.15, 0.2) is 11.5 Å². The third-order valence-corrected chi connectivity index (χ3v) is 3.61. The van der Waals surface area contributed by atoms with E-state index in [-0.39, 0.29) is 12.7 Å². The average Bonchev–Trinajstić information content (AvgIpc) is 3.00. The molecule has 21 heavy (non-hydrogen) atoms. The first kappa shape index (κ1) is 13.3. The standard InChI is InChI=1S/C17H15NO3/c1-19-14-5-2-12(3-6-14)15(8-9-18)13-4-7-16-17(10-13)21-11-20-16/h2-7,10,15H,8,11H2,1H3/t15-/m1/s1. The second kappa shape index (κ2) is 5.76. The summed E-state index contributed by atoms with van der Waals surface area (Å²) in [5.74, 6) is 2.31. The number of ether oxygens (including phenoxy) is 3. The van der Waals surface area contributed by atoms with Crippen LogP contribution < -0.4 is 14.2 Å². The first-order valence-electron chi connectivity index (χ1n) is 6.72. The van der Waals surface area contributed by atoms with Crippen LogP contribution in [0.4, 0.5) is 0 Å². The molecule has 1 aliphatic rings. The lowest BCUT2D eigenvalue weighted by molar-refractivity contribution is 0.174. The lowest BCUT2D eigenvalue weighted by atomic mass is 9.89. The summed E-state index contributed by atoms with van der Waals surface area (Å²) in [4.78, 5) is 0. The van der Waals surface area contributed by atoms with Gasteiger partial charge in [-0.05, 0) is 35.4 Å². The summed E-state index contributed by atoms with van der Waals surface area (Å²) in [7, 11) is 1.64. The molecule has 2 aromatic rings. The first-order valence-corrected chi connectivity index (χ1v) is 6.72. The van der Waals surface area contributed by atoms with E-state index >= 15 is 0 Å². The number of rotatable bonds is 4. The van der Waals surface area contributed by atoms with Crippen LogP contribution in [0.5, 0.6) is 17.2 Å². The van der Waals surface area contributed by atoms with Gasteiger partial charge in [0, 0.05) is 12.3 Å². The molecule has 0 aliphatic carbocycles. The van der Waals surface area contributed by atoms with Crippen LogP contribution in [0.3, 0.4) is 0 Å². The molecule has 0 spiro atoms. The Hall–Kier alpha value is -2.67. The predicted octanol–water partition coefficient (Wildman–Crippen LogP) is 3.47. The zero-order chi connectivity index (χ0) is 14.7. The first-order chi connectivity index (χ1) is 10.3. The van der Waals surface area contributed by atoms with E-state index in [9.17, 15) is 0 Å². The van der Waals surface area contributed by atoms with Gasteiger partial charge in [0.1, 0.15) is 5.75 Å². The Bertz CT molecular complexity index is 673. The van der Waals surface area contributed by atoms with Gasteiger partial charge < -0.3 is 14.2 Å². The van der Waals surface area contributed by atoms with Crippen molar-refractivity contribution in [3.63, 3.8) is 0 Å². The number of nitrogens with zero attached hydrogens (tertiary/aromatic N) is 1. The van der Waals surface area contributed by atoms with Crippen molar-refractivity contribution in [1.29, 1.82) is 5.26 Å². The molecule has 0 N–H and O–H groups in total. The molecule has 0 fully saturated rings. The molecular weight excluding hydrogens is 266 g/mol. The molecule has 1 atom stereocenters. The highest BCUT2D eigenvalue weighted by Crippen LogP contribution is 2.37. The summed E-state index contributed by atoms with van der Waals surface area (Å²) in [6.45, 7) is 0.254. The number of hydrogen-bond donors (Lipinski definition) is 0. The Kier molecular flexibility index (Phi) is 3.65. The molecule has 0 bridgehead atoms. The molecule has 4 nitrogen and oxygen atoms in total. The Morgan fingerprint density at radius 2 is 1.81 bits per heavy atom. The number of hydrogen-bond acceptors (Lipinski definition) is 4. The van der Waals surface area contributed by atoms with Crippen LogP contribution >= 0.6 is 0 Å². The van der Waals surface area contributed by atoms with E-state index in [0.29, 0.717) is 6.42 Å². The molecule has 0 amide bonds. The fourth-order valence-electron chi connectivity index (χ4n) is 2.49. The smallest absolute Gasteiger partial charge is 0.231 e. The van der Waals surface area contributed by atoms with Crippen molar-refractivity contribution in [3.8, 4) is 23.3 Å². The number of methoxy groups -OCH3 is 1. The van der Waals surface area contributed by atoms with Crippen LogP contribution in [0.2, 0.25) is 0 Å². The lowest BCUT2D eigenvalue weighted by Gasteiger charge is -2.15. The maximum atomic E-state index is 9.12. The minimum absolute atomic E-state index is 0.00964. The van der Waals surface area contributed by atoms with E-state index in [1.54, 1.807) is 7.11 Å². The predicted molar refractivity (Wildman–Crippen MR) is 77.6 cm³/mol. The topological polar surface area (TPSA) is 51.5 Å². The van der Waals surface area contributed by atoms with Gasteiger partial charge >= 0.3 is 0 Å². The minimum Gasteiger partial charge on any atom is -0.497 e. The molecule has 0 saturated heterocycles. The zero-order valence-corrected chi connectivity index (χ0v) is 11.7. The number of benzene rings is 2. The summed E-state index contributed by atoms with van der Waals surface area (Å²) in [5, 5.41) is 9.12. The number of fused-ring (bicyclic) bond motifs is 1. The molecule has 1 aliphatic heterocycles. The van der Waals surface area contributed by atoms with Gasteiger partial charge in [-0.25, -0.2) is 0 Å². The van der Waals surface area contributed by atoms with E-state index < -0.39 is 0 Å². The van der Waals surface area contributed by atoms with E-state index in [1.807, 2.05) is 42.5 Å². The normalized spacial score (nSPS) is 13.5. The Labute approximate surface area is 123 Å². The van der Waals surface area contributed by atoms with Gasteiger partial charge in [-0.15, -0.1) is 0 Å². The molecular formula is C17H15NO3. The highest BCUT2D eigenvalue weighted by molar-refractivity contribution is 5.48. The summed E-state index contributed by atoms with van der Waals surface area (Å²) < 4.78 is 15.9. The molecule has 4 heteroatoms. The molecule has 0 radical (unpaired) electrons. The number of nitriles is 1. The van der Waals surface area contributed by atoms with Crippen molar-refractivity contribution in [3.05, 3.63) is 53.6 Å². The molecule has 0 saturated carbocycles. The van der Waals surface area contributed by atoms with E-state index in [0.717, 1.165) is 28.4 Å². The monoisotopic (exact) mass is 281 g/mol. The van der Waals surface area contributed by atoms with Crippen molar-refractivity contribution in [2.24, 2.45) is 0 Å². The van der Waals surface area contributed by atoms with Crippen molar-refractivity contribution in [2.45, 2.75) is 12.3 Å². The second-order valence-corrected chi connectivity index (χ2v) is 4.80. The highest BCUT2D eigenvalue weighted by atomic mass is 16.7. The quantitative estimate of drug-likeness (QED) is 0.861. The minimum atomic E-state index is 0.00964. The van der Waals surface area contributed by atoms with Crippen LogP contribution in [0.1, 0.15) is 23.5 Å². The highest BCUT2D eigenvalue weighted by Gasteiger charge is 2.19. The molecule has 0 aromatic heterocycles. The Morgan fingerprint density at radius 1 is 1.10 bits per heavy atom. The second-order valence-electron chi connectivity index (χ2n) is 4.80. The lowest BCUT2D eigenvalue weighted by Crippen LogP contribution is -2.00. The summed E-state index contributed by atoms with van der Waals surface area (Å²) in [5.41, 5.74) is 2.13. The van der Waals surface area contributed by atoms with Gasteiger partial charge in [-0.1, -0.05) is 18.2 Å². The van der Waals surface area contributed by atoms with Crippen LogP contribution in [0.25, 0.3) is 0 Å². The molecule has 106 valence electrons. The Morgan fingerprint density at radius 3 is 2.52 bits per heavy atom. The van der Waals surface area contributed by atoms with Gasteiger partial charge in [0.25, 0.3) is 0 Å². The van der Waals surface area contributed by atoms with Crippen molar-refractivity contribution >= 4 is 0 Å². The van der Waals surface area contributed by atoms with E-state index in [1.165, 1.54) is 0 Å². The maximum Gasteiger partial charge on any atom is 0.231 e. The largest absolute Gasteiger partial charge is 0.497 e. The van der Waals surface area contributed by atoms with Crippen molar-refractivity contribution in [1.82, 2.24) is 0 Å². The zero-order valence-electron chi connectivity index (χ0n) is 11.7. The third kappa shape index (κ3) is 2.63. The maximum absolute atomic E-state index is 9.12.